The maximum absolute atomic E-state index is 14.2. The normalized spacial score (nSPS) is 43.2. The summed E-state index contributed by atoms with van der Waals surface area (Å²) < 4.78 is 39.1. The Morgan fingerprint density at radius 3 is 2.40 bits per heavy atom. The molecule has 4 aliphatic heterocycles. The molecule has 0 saturated carbocycles. The zero-order valence-corrected chi connectivity index (χ0v) is 33.3. The van der Waals surface area contributed by atoms with Gasteiger partial charge in [-0.25, -0.2) is 0 Å². The molecule has 14 atom stereocenters. The Bertz CT molecular complexity index is 1370. The largest absolute Gasteiger partial charge is 0.459 e. The van der Waals surface area contributed by atoms with Crippen LogP contribution < -0.4 is 5.32 Å². The maximum Gasteiger partial charge on any atom is 0.311 e. The van der Waals surface area contributed by atoms with Crippen LogP contribution >= 0.6 is 0 Å². The number of furan rings is 1. The molecule has 4 fully saturated rings. The van der Waals surface area contributed by atoms with E-state index in [1.807, 2.05) is 39.8 Å². The van der Waals surface area contributed by atoms with Gasteiger partial charge in [-0.1, -0.05) is 20.8 Å². The van der Waals surface area contributed by atoms with Crippen molar-refractivity contribution in [2.75, 3.05) is 33.7 Å². The molecule has 1 aromatic heterocycles. The van der Waals surface area contributed by atoms with Gasteiger partial charge in [0.05, 0.1) is 36.1 Å². The van der Waals surface area contributed by atoms with Gasteiger partial charge in [0, 0.05) is 43.9 Å². The number of piperidine rings is 1. The first kappa shape index (κ1) is 42.0. The third kappa shape index (κ3) is 8.81. The van der Waals surface area contributed by atoms with Gasteiger partial charge in [-0.2, -0.15) is 0 Å². The highest BCUT2D eigenvalue weighted by Crippen LogP contribution is 2.48. The SMILES string of the molecule is CC[C@H]1OC(=O)[C@H](C)[C@H]2OC3(CCN(C(=O)c4ccco4)CC3)O[C@](C)(C[C@@H](C)CN[C@H](C)[C@@H](O)[C@]1(C)O)[C@H](O[C@@H]1O[C@H](C)C[C@H](N(C)C)[C@H]1O)[C@H]2C. The van der Waals surface area contributed by atoms with Crippen LogP contribution in [0.25, 0.3) is 0 Å². The molecule has 4 N–H and O–H groups in total. The van der Waals surface area contributed by atoms with Crippen molar-refractivity contribution in [3.63, 3.8) is 0 Å². The van der Waals surface area contributed by atoms with Gasteiger partial charge in [-0.05, 0) is 92.6 Å². The van der Waals surface area contributed by atoms with Crippen molar-refractivity contribution >= 4 is 11.9 Å². The van der Waals surface area contributed by atoms with E-state index >= 15 is 0 Å². The number of esters is 1. The van der Waals surface area contributed by atoms with Crippen LogP contribution in [0.1, 0.15) is 98.0 Å². The number of likely N-dealkylation sites (tertiary alicyclic amines) is 1. The first-order valence-electron chi connectivity index (χ1n) is 19.5. The maximum atomic E-state index is 14.2. The van der Waals surface area contributed by atoms with Crippen LogP contribution in [0.5, 0.6) is 0 Å². The molecule has 2 bridgehead atoms. The molecule has 4 saturated heterocycles. The molecule has 4 aliphatic rings. The lowest BCUT2D eigenvalue weighted by Gasteiger charge is -2.49. The Morgan fingerprint density at radius 2 is 1.79 bits per heavy atom. The summed E-state index contributed by atoms with van der Waals surface area (Å²) in [4.78, 5) is 31.2. The van der Waals surface area contributed by atoms with Crippen LogP contribution in [-0.4, -0.2) is 143 Å². The predicted molar refractivity (Wildman–Crippen MR) is 195 cm³/mol. The number of hydrogen-bond acceptors (Lipinski definition) is 13. The number of ether oxygens (including phenoxy) is 5. The number of likely N-dealkylation sites (N-methyl/N-ethyl adjacent to an activating group) is 1. The Kier molecular flexibility index (Phi) is 13.1. The van der Waals surface area contributed by atoms with Gasteiger partial charge in [0.2, 0.25) is 0 Å². The molecule has 0 radical (unpaired) electrons. The zero-order chi connectivity index (χ0) is 39.0. The number of carbonyl (C=O) groups is 2. The molecule has 0 aliphatic carbocycles. The Labute approximate surface area is 314 Å². The number of aliphatic hydroxyl groups is 3. The summed E-state index contributed by atoms with van der Waals surface area (Å²) in [6.45, 7) is 16.0. The van der Waals surface area contributed by atoms with Crippen molar-refractivity contribution in [1.82, 2.24) is 15.1 Å². The molecule has 14 nitrogen and oxygen atoms in total. The summed E-state index contributed by atoms with van der Waals surface area (Å²) in [7, 11) is 3.85. The lowest BCUT2D eigenvalue weighted by molar-refractivity contribution is -0.331. The summed E-state index contributed by atoms with van der Waals surface area (Å²) in [6.07, 6.45) is -2.46. The second kappa shape index (κ2) is 16.5. The van der Waals surface area contributed by atoms with Gasteiger partial charge in [0.15, 0.2) is 17.8 Å². The minimum absolute atomic E-state index is 0.0415. The third-order valence-electron chi connectivity index (χ3n) is 12.2. The molecule has 0 aromatic carbocycles. The van der Waals surface area contributed by atoms with Crippen molar-refractivity contribution in [3.05, 3.63) is 24.2 Å². The minimum atomic E-state index is -1.75. The quantitative estimate of drug-likeness (QED) is 0.324. The van der Waals surface area contributed by atoms with Crippen molar-refractivity contribution < 1.29 is 53.0 Å². The van der Waals surface area contributed by atoms with Gasteiger partial charge < -0.3 is 58.5 Å². The Hall–Kier alpha value is -2.14. The molecule has 14 heteroatoms. The minimum Gasteiger partial charge on any atom is -0.459 e. The van der Waals surface area contributed by atoms with E-state index in [4.69, 9.17) is 28.1 Å². The second-order valence-electron chi connectivity index (χ2n) is 17.0. The first-order chi connectivity index (χ1) is 24.8. The Balaban J connectivity index is 1.58. The summed E-state index contributed by atoms with van der Waals surface area (Å²) in [5.74, 6) is -3.18. The van der Waals surface area contributed by atoms with Crippen LogP contribution in [0.15, 0.2) is 22.8 Å². The van der Waals surface area contributed by atoms with E-state index in [2.05, 4.69) is 12.2 Å². The molecule has 1 aromatic rings. The summed E-state index contributed by atoms with van der Waals surface area (Å²) in [5.41, 5.74) is -2.80. The monoisotopic (exact) mass is 751 g/mol. The number of carbonyl (C=O) groups excluding carboxylic acids is 2. The van der Waals surface area contributed by atoms with Gasteiger partial charge in [0.1, 0.15) is 23.9 Å². The second-order valence-corrected chi connectivity index (χ2v) is 17.0. The standard InChI is InChI=1S/C39H65N3O11/c1-11-29-38(8,47)32(44)26(6)40-21-22(2)20-37(7)33(51-36-30(43)27(41(9)10)19-23(3)49-36)24(4)31(25(5)35(46)50-29)52-39(53-37)14-16-42(17-15-39)34(45)28-13-12-18-48-28/h12-13,18,22-27,29-33,36,40,43-44,47H,11,14-17,19-21H2,1-10H3/t22-,23-,24+,25-,26-,27+,29-,30-,31+,32-,33-,36+,37-,38-/m1/s1. The molecule has 53 heavy (non-hydrogen) atoms. The van der Waals surface area contributed by atoms with Crippen LogP contribution in [-0.2, 0) is 28.5 Å². The highest BCUT2D eigenvalue weighted by molar-refractivity contribution is 5.91. The molecule has 5 rings (SSSR count). The summed E-state index contributed by atoms with van der Waals surface area (Å²) >= 11 is 0. The highest BCUT2D eigenvalue weighted by atomic mass is 16.7. The molecular formula is C39H65N3O11. The molecule has 1 amide bonds. The van der Waals surface area contributed by atoms with Gasteiger partial charge in [0.25, 0.3) is 5.91 Å². The number of nitrogens with zero attached hydrogens (tertiary/aromatic N) is 2. The fraction of sp³-hybridized carbons (Fsp3) is 0.846. The van der Waals surface area contributed by atoms with E-state index in [9.17, 15) is 24.9 Å². The number of cyclic esters (lactones) is 1. The van der Waals surface area contributed by atoms with Crippen molar-refractivity contribution in [3.8, 4) is 0 Å². The average molecular weight is 752 g/mol. The topological polar surface area (TPSA) is 173 Å². The van der Waals surface area contributed by atoms with E-state index < -0.39 is 77.6 Å². The number of rotatable bonds is 5. The van der Waals surface area contributed by atoms with Crippen LogP contribution in [0.2, 0.25) is 0 Å². The fourth-order valence-electron chi connectivity index (χ4n) is 9.16. The zero-order valence-electron chi connectivity index (χ0n) is 33.3. The molecular weight excluding hydrogens is 686 g/mol. The number of nitrogens with one attached hydrogen (secondary N) is 1. The third-order valence-corrected chi connectivity index (χ3v) is 12.2. The lowest BCUT2D eigenvalue weighted by Crippen LogP contribution is -2.60. The van der Waals surface area contributed by atoms with E-state index in [1.54, 1.807) is 37.8 Å². The number of amides is 1. The summed E-state index contributed by atoms with van der Waals surface area (Å²) in [6, 6.07) is 2.57. The molecule has 302 valence electrons. The summed E-state index contributed by atoms with van der Waals surface area (Å²) in [5, 5.41) is 38.0. The van der Waals surface area contributed by atoms with Crippen LogP contribution in [0.3, 0.4) is 0 Å². The fourth-order valence-corrected chi connectivity index (χ4v) is 9.16. The first-order valence-corrected chi connectivity index (χ1v) is 19.5. The van der Waals surface area contributed by atoms with E-state index in [1.165, 1.54) is 13.2 Å². The molecule has 0 unspecified atom stereocenters. The predicted octanol–water partition coefficient (Wildman–Crippen LogP) is 2.92. The lowest BCUT2D eigenvalue weighted by atomic mass is 9.78. The van der Waals surface area contributed by atoms with E-state index in [-0.39, 0.29) is 36.2 Å². The van der Waals surface area contributed by atoms with Crippen molar-refractivity contribution in [2.45, 2.75) is 159 Å². The number of fused-ring (bicyclic) bond motifs is 3. The van der Waals surface area contributed by atoms with Crippen LogP contribution in [0, 0.1) is 17.8 Å². The average Bonchev–Trinajstić information content (AvgIpc) is 3.63. The van der Waals surface area contributed by atoms with Crippen molar-refractivity contribution in [1.29, 1.82) is 0 Å². The molecule has 5 heterocycles. The van der Waals surface area contributed by atoms with Gasteiger partial charge in [-0.15, -0.1) is 0 Å². The number of hydrogen-bond donors (Lipinski definition) is 4. The van der Waals surface area contributed by atoms with E-state index in [0.29, 0.717) is 45.3 Å². The number of aliphatic hydroxyl groups excluding tert-OH is 2. The molecule has 1 spiro atoms. The smallest absolute Gasteiger partial charge is 0.311 e. The van der Waals surface area contributed by atoms with Gasteiger partial charge >= 0.3 is 5.97 Å². The Morgan fingerprint density at radius 1 is 1.11 bits per heavy atom. The van der Waals surface area contributed by atoms with Gasteiger partial charge in [-0.3, -0.25) is 9.59 Å². The van der Waals surface area contributed by atoms with Crippen molar-refractivity contribution in [2.24, 2.45) is 17.8 Å². The highest BCUT2D eigenvalue weighted by Gasteiger charge is 2.58. The van der Waals surface area contributed by atoms with Crippen LogP contribution in [0.4, 0.5) is 0 Å². The van der Waals surface area contributed by atoms with E-state index in [0.717, 1.165) is 0 Å².